The molecule has 0 bridgehead atoms. The Hall–Kier alpha value is -1.55. The molecular formula is C21H42N3O6+. The van der Waals surface area contributed by atoms with E-state index >= 15 is 0 Å². The van der Waals surface area contributed by atoms with Crippen LogP contribution in [0.1, 0.15) is 64.2 Å². The van der Waals surface area contributed by atoms with E-state index in [1.807, 2.05) is 0 Å². The second-order valence-corrected chi connectivity index (χ2v) is 9.12. The first-order valence-electron chi connectivity index (χ1n) is 10.9. The number of nitrogens with two attached hydrogens (primary N) is 1. The molecular weight excluding hydrogens is 390 g/mol. The molecule has 0 rings (SSSR count). The smallest absolute Gasteiger partial charge is 0.320 e. The summed E-state index contributed by atoms with van der Waals surface area (Å²) in [5, 5.41) is 31.9. The number of nitrogens with zero attached hydrogens (tertiary/aromatic N) is 1. The monoisotopic (exact) mass is 432 g/mol. The van der Waals surface area contributed by atoms with Crippen LogP contribution in [-0.2, 0) is 14.4 Å². The predicted molar refractivity (Wildman–Crippen MR) is 115 cm³/mol. The Kier molecular flexibility index (Phi) is 13.7. The number of nitrogens with one attached hydrogen (secondary N) is 1. The van der Waals surface area contributed by atoms with Gasteiger partial charge < -0.3 is 30.9 Å². The minimum atomic E-state index is -1.84. The van der Waals surface area contributed by atoms with Crippen molar-refractivity contribution in [2.24, 2.45) is 5.73 Å². The molecule has 0 aromatic carbocycles. The van der Waals surface area contributed by atoms with Gasteiger partial charge in [-0.2, -0.15) is 0 Å². The van der Waals surface area contributed by atoms with Crippen molar-refractivity contribution in [2.45, 2.75) is 75.9 Å². The van der Waals surface area contributed by atoms with Crippen LogP contribution >= 0.6 is 0 Å². The molecule has 0 spiro atoms. The van der Waals surface area contributed by atoms with E-state index in [-0.39, 0.29) is 13.0 Å². The molecule has 0 aliphatic carbocycles. The average Bonchev–Trinajstić information content (AvgIpc) is 2.59. The zero-order valence-corrected chi connectivity index (χ0v) is 18.9. The Labute approximate surface area is 180 Å². The molecule has 2 atom stereocenters. The lowest BCUT2D eigenvalue weighted by Gasteiger charge is -2.33. The van der Waals surface area contributed by atoms with Crippen LogP contribution in [0.2, 0.25) is 0 Å². The van der Waals surface area contributed by atoms with E-state index in [9.17, 15) is 24.6 Å². The van der Waals surface area contributed by atoms with Gasteiger partial charge in [-0.1, -0.05) is 25.7 Å². The number of hydrogen-bond donors (Lipinski definition) is 5. The minimum Gasteiger partial charge on any atom is -0.481 e. The van der Waals surface area contributed by atoms with Crippen molar-refractivity contribution < 1.29 is 34.2 Å². The largest absolute Gasteiger partial charge is 0.481 e. The number of rotatable bonds is 19. The zero-order chi connectivity index (χ0) is 23.2. The summed E-state index contributed by atoms with van der Waals surface area (Å²) in [6.07, 6.45) is 5.81. The SMILES string of the molecule is C[N+](C)(C)CC(O)(CC(=O)O)C(=O)CCCCCCCN[C@@H](CCCCN)C(=O)O. The normalized spacial score (nSPS) is 14.8. The molecule has 0 heterocycles. The van der Waals surface area contributed by atoms with Gasteiger partial charge in [-0.05, 0) is 38.8 Å². The highest BCUT2D eigenvalue weighted by Crippen LogP contribution is 2.20. The van der Waals surface area contributed by atoms with Crippen LogP contribution in [0.3, 0.4) is 0 Å². The molecule has 9 nitrogen and oxygen atoms in total. The molecule has 0 radical (unpaired) electrons. The van der Waals surface area contributed by atoms with Crippen molar-refractivity contribution in [1.29, 1.82) is 0 Å². The number of likely N-dealkylation sites (N-methyl/N-ethyl adjacent to an activating group) is 1. The standard InChI is InChI=1S/C21H41N3O6/c1-24(2,3)16-21(30,15-19(26)27)18(25)12-7-5-4-6-10-14-23-17(20(28)29)11-8-9-13-22/h17,23,30H,4-16,22H2,1-3H3,(H-,26,27,28,29)/p+1/t17-,21?/m0/s1. The molecule has 0 saturated heterocycles. The van der Waals surface area contributed by atoms with E-state index < -0.39 is 35.8 Å². The Morgan fingerprint density at radius 3 is 2.10 bits per heavy atom. The second-order valence-electron chi connectivity index (χ2n) is 9.12. The summed E-state index contributed by atoms with van der Waals surface area (Å²) in [5.74, 6) is -2.44. The van der Waals surface area contributed by atoms with E-state index in [1.54, 1.807) is 21.1 Å². The number of hydrogen-bond acceptors (Lipinski definition) is 6. The van der Waals surface area contributed by atoms with Crippen LogP contribution in [0.15, 0.2) is 0 Å². The summed E-state index contributed by atoms with van der Waals surface area (Å²) >= 11 is 0. The molecule has 0 aromatic heterocycles. The van der Waals surface area contributed by atoms with Gasteiger partial charge in [0.25, 0.3) is 0 Å². The molecule has 0 aliphatic rings. The van der Waals surface area contributed by atoms with E-state index in [1.165, 1.54) is 0 Å². The summed E-state index contributed by atoms with van der Waals surface area (Å²) in [5.41, 5.74) is 3.59. The summed E-state index contributed by atoms with van der Waals surface area (Å²) in [6.45, 7) is 1.25. The fraction of sp³-hybridized carbons (Fsp3) is 0.857. The van der Waals surface area contributed by atoms with Crippen LogP contribution in [0.4, 0.5) is 0 Å². The first-order chi connectivity index (χ1) is 13.9. The minimum absolute atomic E-state index is 0.0554. The van der Waals surface area contributed by atoms with E-state index in [4.69, 9.17) is 10.8 Å². The molecule has 0 fully saturated rings. The van der Waals surface area contributed by atoms with Crippen molar-refractivity contribution in [3.8, 4) is 0 Å². The number of carboxylic acid groups (broad SMARTS) is 2. The van der Waals surface area contributed by atoms with Gasteiger partial charge in [0, 0.05) is 6.42 Å². The van der Waals surface area contributed by atoms with E-state index in [0.29, 0.717) is 30.4 Å². The Morgan fingerprint density at radius 1 is 0.967 bits per heavy atom. The van der Waals surface area contributed by atoms with Crippen LogP contribution < -0.4 is 11.1 Å². The van der Waals surface area contributed by atoms with Crippen molar-refractivity contribution >= 4 is 17.7 Å². The highest BCUT2D eigenvalue weighted by molar-refractivity contribution is 5.91. The molecule has 6 N–H and O–H groups in total. The summed E-state index contributed by atoms with van der Waals surface area (Å²) in [6, 6.07) is -0.540. The summed E-state index contributed by atoms with van der Waals surface area (Å²) in [4.78, 5) is 34.8. The van der Waals surface area contributed by atoms with Gasteiger partial charge >= 0.3 is 11.9 Å². The molecule has 30 heavy (non-hydrogen) atoms. The maximum Gasteiger partial charge on any atom is 0.320 e. The third-order valence-corrected chi connectivity index (χ3v) is 4.91. The molecule has 176 valence electrons. The van der Waals surface area contributed by atoms with Crippen LogP contribution in [-0.4, -0.2) is 89.9 Å². The van der Waals surface area contributed by atoms with Crippen LogP contribution in [0, 0.1) is 0 Å². The second kappa shape index (κ2) is 14.5. The van der Waals surface area contributed by atoms with Gasteiger partial charge in [-0.15, -0.1) is 0 Å². The number of Topliss-reactive ketones (excluding diaryl/α,β-unsaturated/α-hetero) is 1. The zero-order valence-electron chi connectivity index (χ0n) is 18.9. The lowest BCUT2D eigenvalue weighted by Crippen LogP contribution is -2.54. The number of carbonyl (C=O) groups excluding carboxylic acids is 1. The lowest BCUT2D eigenvalue weighted by molar-refractivity contribution is -0.875. The van der Waals surface area contributed by atoms with Crippen LogP contribution in [0.5, 0.6) is 0 Å². The summed E-state index contributed by atoms with van der Waals surface area (Å²) < 4.78 is 0.298. The highest BCUT2D eigenvalue weighted by Gasteiger charge is 2.42. The Bertz CT molecular complexity index is 535. The fourth-order valence-electron chi connectivity index (χ4n) is 3.53. The van der Waals surface area contributed by atoms with E-state index in [2.05, 4.69) is 5.32 Å². The van der Waals surface area contributed by atoms with Gasteiger partial charge in [-0.3, -0.25) is 14.4 Å². The average molecular weight is 433 g/mol. The van der Waals surface area contributed by atoms with Crippen molar-refractivity contribution in [3.63, 3.8) is 0 Å². The third-order valence-electron chi connectivity index (χ3n) is 4.91. The first-order valence-corrected chi connectivity index (χ1v) is 10.9. The quantitative estimate of drug-likeness (QED) is 0.150. The summed E-state index contributed by atoms with van der Waals surface area (Å²) in [7, 11) is 5.42. The van der Waals surface area contributed by atoms with Crippen molar-refractivity contribution in [2.75, 3.05) is 40.8 Å². The van der Waals surface area contributed by atoms with Gasteiger partial charge in [0.1, 0.15) is 12.6 Å². The Morgan fingerprint density at radius 2 is 1.57 bits per heavy atom. The molecule has 1 unspecified atom stereocenters. The van der Waals surface area contributed by atoms with E-state index in [0.717, 1.165) is 38.5 Å². The number of quaternary nitrogens is 1. The Balaban J connectivity index is 4.14. The number of aliphatic hydroxyl groups is 1. The molecule has 0 saturated carbocycles. The maximum absolute atomic E-state index is 12.5. The first kappa shape index (κ1) is 28.5. The van der Waals surface area contributed by atoms with Crippen LogP contribution in [0.25, 0.3) is 0 Å². The topological polar surface area (TPSA) is 150 Å². The molecule has 0 aliphatic heterocycles. The fourth-order valence-corrected chi connectivity index (χ4v) is 3.53. The lowest BCUT2D eigenvalue weighted by atomic mass is 9.89. The maximum atomic E-state index is 12.5. The number of carbonyl (C=O) groups is 3. The van der Waals surface area contributed by atoms with Gasteiger partial charge in [0.2, 0.25) is 0 Å². The number of unbranched alkanes of at least 4 members (excludes halogenated alkanes) is 5. The van der Waals surface area contributed by atoms with Gasteiger partial charge in [0.05, 0.1) is 27.6 Å². The van der Waals surface area contributed by atoms with Crippen molar-refractivity contribution in [1.82, 2.24) is 5.32 Å². The van der Waals surface area contributed by atoms with Gasteiger partial charge in [0.15, 0.2) is 11.4 Å². The van der Waals surface area contributed by atoms with Crippen molar-refractivity contribution in [3.05, 3.63) is 0 Å². The number of aliphatic carboxylic acids is 2. The highest BCUT2D eigenvalue weighted by atomic mass is 16.4. The molecule has 0 aromatic rings. The molecule has 9 heteroatoms. The van der Waals surface area contributed by atoms with Gasteiger partial charge in [-0.25, -0.2) is 0 Å². The predicted octanol–water partition coefficient (Wildman–Crippen LogP) is 0.980. The number of ketones is 1. The number of carboxylic acids is 2. The third kappa shape index (κ3) is 13.6. The molecule has 0 amide bonds.